The molecule has 1 amide bonds. The largest absolute Gasteiger partial charge is 0.350 e. The number of anilines is 1. The molecule has 2 rings (SSSR count). The Bertz CT molecular complexity index is 569. The Morgan fingerprint density at radius 1 is 1.42 bits per heavy atom. The molecule has 2 aromatic heterocycles. The van der Waals surface area contributed by atoms with Crippen LogP contribution in [0.5, 0.6) is 0 Å². The van der Waals surface area contributed by atoms with E-state index in [1.165, 1.54) is 0 Å². The number of carbonyl (C=O) groups is 1. The fourth-order valence-electron chi connectivity index (χ4n) is 1.53. The van der Waals surface area contributed by atoms with Crippen LogP contribution in [0.4, 0.5) is 5.82 Å². The second kappa shape index (κ2) is 6.26. The second-order valence-corrected chi connectivity index (χ2v) is 4.88. The van der Waals surface area contributed by atoms with Gasteiger partial charge in [-0.15, -0.1) is 11.3 Å². The molecule has 0 aromatic carbocycles. The Kier molecular flexibility index (Phi) is 4.43. The highest BCUT2D eigenvalue weighted by Crippen LogP contribution is 2.08. The van der Waals surface area contributed by atoms with Gasteiger partial charge in [0.25, 0.3) is 5.91 Å². The lowest BCUT2D eigenvalue weighted by molar-refractivity contribution is 0.0949. The molecule has 6 nitrogen and oxygen atoms in total. The van der Waals surface area contributed by atoms with Gasteiger partial charge >= 0.3 is 0 Å². The van der Waals surface area contributed by atoms with E-state index in [2.05, 4.69) is 20.7 Å². The number of nitrogens with one attached hydrogen (secondary N) is 2. The lowest BCUT2D eigenvalue weighted by atomic mass is 10.3. The van der Waals surface area contributed by atoms with E-state index in [0.717, 1.165) is 17.1 Å². The summed E-state index contributed by atoms with van der Waals surface area (Å²) in [6.07, 6.45) is 0.721. The van der Waals surface area contributed by atoms with Crippen molar-refractivity contribution in [3.63, 3.8) is 0 Å². The highest BCUT2D eigenvalue weighted by atomic mass is 32.1. The number of hydrazine groups is 1. The van der Waals surface area contributed by atoms with Crippen LogP contribution in [0.1, 0.15) is 21.2 Å². The fourth-order valence-corrected chi connectivity index (χ4v) is 2.31. The van der Waals surface area contributed by atoms with Crippen LogP contribution < -0.4 is 16.6 Å². The lowest BCUT2D eigenvalue weighted by Crippen LogP contribution is -2.26. The first-order valence-electron chi connectivity index (χ1n) is 5.82. The summed E-state index contributed by atoms with van der Waals surface area (Å²) in [4.78, 5) is 20.2. The van der Waals surface area contributed by atoms with Crippen molar-refractivity contribution in [1.29, 1.82) is 0 Å². The van der Waals surface area contributed by atoms with E-state index >= 15 is 0 Å². The zero-order valence-electron chi connectivity index (χ0n) is 10.5. The molecule has 0 aliphatic carbocycles. The van der Waals surface area contributed by atoms with Crippen LogP contribution >= 0.6 is 11.3 Å². The molecule has 0 aliphatic heterocycles. The number of nitrogen functional groups attached to an aromatic ring is 1. The molecule has 7 heteroatoms. The average Bonchev–Trinajstić information content (AvgIpc) is 2.84. The smallest absolute Gasteiger partial charge is 0.269 e. The van der Waals surface area contributed by atoms with Crippen molar-refractivity contribution in [2.75, 3.05) is 12.0 Å². The minimum atomic E-state index is -0.217. The Morgan fingerprint density at radius 3 is 2.95 bits per heavy atom. The fraction of sp³-hybridized carbons (Fsp3) is 0.250. The molecule has 0 fully saturated rings. The molecule has 4 N–H and O–H groups in total. The van der Waals surface area contributed by atoms with Crippen LogP contribution in [0.2, 0.25) is 0 Å². The van der Waals surface area contributed by atoms with E-state index in [1.54, 1.807) is 29.5 Å². The van der Waals surface area contributed by atoms with Gasteiger partial charge < -0.3 is 10.7 Å². The molecule has 19 heavy (non-hydrogen) atoms. The molecule has 0 spiro atoms. The highest BCUT2D eigenvalue weighted by molar-refractivity contribution is 7.09. The summed E-state index contributed by atoms with van der Waals surface area (Å²) in [6, 6.07) is 5.06. The number of nitrogens with two attached hydrogens (primary N) is 1. The predicted molar refractivity (Wildman–Crippen MR) is 74.9 cm³/mol. The normalized spacial score (nSPS) is 10.2. The molecule has 0 saturated heterocycles. The van der Waals surface area contributed by atoms with Crippen molar-refractivity contribution >= 4 is 23.1 Å². The van der Waals surface area contributed by atoms with E-state index in [0.29, 0.717) is 18.1 Å². The molecule has 100 valence electrons. The van der Waals surface area contributed by atoms with Gasteiger partial charge in [-0.1, -0.05) is 6.07 Å². The second-order valence-electron chi connectivity index (χ2n) is 3.94. The standard InChI is InChI=1S/C12H15N5OS/c1-8-7-19-11(15-8)5-6-14-12(18)9-3-2-4-10(16-9)17-13/h2-4,7H,5-6,13H2,1H3,(H,14,18)(H,16,17). The average molecular weight is 277 g/mol. The molecule has 0 saturated carbocycles. The molecule has 0 radical (unpaired) electrons. The molecule has 0 atom stereocenters. The van der Waals surface area contributed by atoms with Gasteiger partial charge in [0, 0.05) is 24.0 Å². The summed E-state index contributed by atoms with van der Waals surface area (Å²) >= 11 is 1.60. The quantitative estimate of drug-likeness (QED) is 0.562. The zero-order chi connectivity index (χ0) is 13.7. The maximum atomic E-state index is 11.8. The van der Waals surface area contributed by atoms with Crippen LogP contribution in [0, 0.1) is 6.92 Å². The summed E-state index contributed by atoms with van der Waals surface area (Å²) in [5, 5.41) is 5.82. The number of aryl methyl sites for hydroxylation is 1. The van der Waals surface area contributed by atoms with Crippen molar-refractivity contribution in [2.24, 2.45) is 5.84 Å². The van der Waals surface area contributed by atoms with E-state index in [9.17, 15) is 4.79 Å². The maximum absolute atomic E-state index is 11.8. The van der Waals surface area contributed by atoms with Gasteiger partial charge in [-0.05, 0) is 19.1 Å². The SMILES string of the molecule is Cc1csc(CCNC(=O)c2cccc(NN)n2)n1. The van der Waals surface area contributed by atoms with Crippen LogP contribution in [0.3, 0.4) is 0 Å². The minimum Gasteiger partial charge on any atom is -0.350 e. The van der Waals surface area contributed by atoms with E-state index in [4.69, 9.17) is 5.84 Å². The molecule has 0 bridgehead atoms. The van der Waals surface area contributed by atoms with Gasteiger partial charge in [0.2, 0.25) is 0 Å². The molecule has 2 heterocycles. The summed E-state index contributed by atoms with van der Waals surface area (Å²) in [7, 11) is 0. The van der Waals surface area contributed by atoms with Crippen molar-refractivity contribution in [3.05, 3.63) is 40.0 Å². The molecule has 2 aromatic rings. The van der Waals surface area contributed by atoms with E-state index in [-0.39, 0.29) is 5.91 Å². The molecule has 0 unspecified atom stereocenters. The van der Waals surface area contributed by atoms with Gasteiger partial charge in [0.05, 0.1) is 5.01 Å². The predicted octanol–water partition coefficient (Wildman–Crippen LogP) is 1.10. The highest BCUT2D eigenvalue weighted by Gasteiger charge is 2.07. The van der Waals surface area contributed by atoms with Crippen molar-refractivity contribution in [1.82, 2.24) is 15.3 Å². The third-order valence-electron chi connectivity index (χ3n) is 2.42. The summed E-state index contributed by atoms with van der Waals surface area (Å²) in [6.45, 7) is 2.49. The number of rotatable bonds is 5. The number of hydrogen-bond acceptors (Lipinski definition) is 6. The number of thiazole rings is 1. The van der Waals surface area contributed by atoms with Gasteiger partial charge in [-0.2, -0.15) is 0 Å². The summed E-state index contributed by atoms with van der Waals surface area (Å²) < 4.78 is 0. The van der Waals surface area contributed by atoms with Gasteiger partial charge in [-0.25, -0.2) is 15.8 Å². The van der Waals surface area contributed by atoms with Crippen molar-refractivity contribution in [3.8, 4) is 0 Å². The number of aromatic nitrogens is 2. The Labute approximate surface area is 115 Å². The summed E-state index contributed by atoms with van der Waals surface area (Å²) in [5.74, 6) is 5.49. The summed E-state index contributed by atoms with van der Waals surface area (Å²) in [5.41, 5.74) is 3.76. The van der Waals surface area contributed by atoms with Gasteiger partial charge in [0.1, 0.15) is 11.5 Å². The molecule has 0 aliphatic rings. The number of amides is 1. The zero-order valence-corrected chi connectivity index (χ0v) is 11.3. The molecular weight excluding hydrogens is 262 g/mol. The minimum absolute atomic E-state index is 0.217. The first-order chi connectivity index (χ1) is 9.19. The molecular formula is C12H15N5OS. The van der Waals surface area contributed by atoms with Gasteiger partial charge in [0.15, 0.2) is 0 Å². The van der Waals surface area contributed by atoms with Crippen molar-refractivity contribution in [2.45, 2.75) is 13.3 Å². The topological polar surface area (TPSA) is 92.9 Å². The van der Waals surface area contributed by atoms with Crippen LogP contribution in [-0.4, -0.2) is 22.4 Å². The van der Waals surface area contributed by atoms with Gasteiger partial charge in [-0.3, -0.25) is 4.79 Å². The first kappa shape index (κ1) is 13.4. The monoisotopic (exact) mass is 277 g/mol. The maximum Gasteiger partial charge on any atom is 0.269 e. The number of hydrogen-bond donors (Lipinski definition) is 3. The Hall–Kier alpha value is -1.99. The Morgan fingerprint density at radius 2 is 2.26 bits per heavy atom. The first-order valence-corrected chi connectivity index (χ1v) is 6.70. The third kappa shape index (κ3) is 3.73. The number of nitrogens with zero attached hydrogens (tertiary/aromatic N) is 2. The van der Waals surface area contributed by atoms with Crippen LogP contribution in [-0.2, 0) is 6.42 Å². The van der Waals surface area contributed by atoms with E-state index in [1.807, 2.05) is 12.3 Å². The van der Waals surface area contributed by atoms with Crippen molar-refractivity contribution < 1.29 is 4.79 Å². The number of pyridine rings is 1. The third-order valence-corrected chi connectivity index (χ3v) is 3.45. The van der Waals surface area contributed by atoms with Crippen LogP contribution in [0.25, 0.3) is 0 Å². The van der Waals surface area contributed by atoms with E-state index < -0.39 is 0 Å². The number of carbonyl (C=O) groups excluding carboxylic acids is 1. The lowest BCUT2D eigenvalue weighted by Gasteiger charge is -2.05. The Balaban J connectivity index is 1.87. The van der Waals surface area contributed by atoms with Crippen LogP contribution in [0.15, 0.2) is 23.6 Å².